The van der Waals surface area contributed by atoms with E-state index in [2.05, 4.69) is 16.6 Å². The molecule has 0 radical (unpaired) electrons. The Balaban J connectivity index is 2.05. The Morgan fingerprint density at radius 3 is 2.61 bits per heavy atom. The van der Waals surface area contributed by atoms with Gasteiger partial charge in [0.05, 0.1) is 21.9 Å². The molecule has 0 heterocycles. The van der Waals surface area contributed by atoms with E-state index in [4.69, 9.17) is 23.2 Å². The van der Waals surface area contributed by atoms with Crippen molar-refractivity contribution in [3.05, 3.63) is 63.6 Å². The quantitative estimate of drug-likeness (QED) is 0.636. The second-order valence-electron chi connectivity index (χ2n) is 3.91. The van der Waals surface area contributed by atoms with Gasteiger partial charge in [-0.05, 0) is 30.7 Å². The Morgan fingerprint density at radius 2 is 1.89 bits per heavy atom. The van der Waals surface area contributed by atoms with E-state index in [1.54, 1.807) is 18.3 Å². The number of hydrogen-bond donors (Lipinski definition) is 1. The fourth-order valence-electron chi connectivity index (χ4n) is 1.50. The third kappa shape index (κ3) is 3.49. The fraction of sp³-hybridized carbons (Fsp3) is 0.0714. The summed E-state index contributed by atoms with van der Waals surface area (Å²) in [5.74, 6) is 0. The van der Waals surface area contributed by atoms with Gasteiger partial charge in [-0.2, -0.15) is 5.10 Å². The molecule has 4 heteroatoms. The lowest BCUT2D eigenvalue weighted by Gasteiger charge is -2.02. The number of benzene rings is 2. The molecule has 0 aliphatic carbocycles. The predicted octanol–water partition coefficient (Wildman–Crippen LogP) is 4.75. The Kier molecular flexibility index (Phi) is 4.24. The average molecular weight is 279 g/mol. The summed E-state index contributed by atoms with van der Waals surface area (Å²) in [5.41, 5.74) is 5.95. The van der Waals surface area contributed by atoms with Crippen LogP contribution in [0.5, 0.6) is 0 Å². The Labute approximate surface area is 116 Å². The van der Waals surface area contributed by atoms with Crippen molar-refractivity contribution in [3.63, 3.8) is 0 Å². The molecule has 0 saturated carbocycles. The monoisotopic (exact) mass is 278 g/mol. The third-order valence-electron chi connectivity index (χ3n) is 2.37. The van der Waals surface area contributed by atoms with Gasteiger partial charge in [-0.15, -0.1) is 0 Å². The number of hydrazone groups is 1. The molecule has 0 spiro atoms. The summed E-state index contributed by atoms with van der Waals surface area (Å²) in [7, 11) is 0. The first-order valence-corrected chi connectivity index (χ1v) is 6.21. The molecule has 0 atom stereocenters. The van der Waals surface area contributed by atoms with E-state index < -0.39 is 0 Å². The molecule has 2 rings (SSSR count). The van der Waals surface area contributed by atoms with Crippen molar-refractivity contribution < 1.29 is 0 Å². The van der Waals surface area contributed by atoms with Crippen LogP contribution in [0.15, 0.2) is 47.6 Å². The third-order valence-corrected chi connectivity index (χ3v) is 3.11. The Hall–Kier alpha value is -1.51. The Morgan fingerprint density at radius 1 is 1.06 bits per heavy atom. The van der Waals surface area contributed by atoms with Gasteiger partial charge in [0.15, 0.2) is 0 Å². The van der Waals surface area contributed by atoms with Crippen molar-refractivity contribution >= 4 is 35.1 Å². The molecule has 0 unspecified atom stereocenters. The molecule has 1 N–H and O–H groups in total. The van der Waals surface area contributed by atoms with E-state index in [0.29, 0.717) is 10.0 Å². The topological polar surface area (TPSA) is 24.4 Å². The van der Waals surface area contributed by atoms with Crippen molar-refractivity contribution in [2.75, 3.05) is 5.43 Å². The molecule has 92 valence electrons. The first-order valence-electron chi connectivity index (χ1n) is 5.46. The highest BCUT2D eigenvalue weighted by atomic mass is 35.5. The van der Waals surface area contributed by atoms with Gasteiger partial charge in [0.2, 0.25) is 0 Å². The number of aryl methyl sites for hydroxylation is 1. The molecule has 0 fully saturated rings. The van der Waals surface area contributed by atoms with Crippen LogP contribution in [0.25, 0.3) is 0 Å². The molecule has 2 nitrogen and oxygen atoms in total. The van der Waals surface area contributed by atoms with Crippen LogP contribution in [0, 0.1) is 6.92 Å². The zero-order valence-corrected chi connectivity index (χ0v) is 11.3. The first kappa shape index (κ1) is 12.9. The second kappa shape index (κ2) is 5.89. The summed E-state index contributed by atoms with van der Waals surface area (Å²) >= 11 is 11.7. The lowest BCUT2D eigenvalue weighted by molar-refractivity contribution is 1.35. The van der Waals surface area contributed by atoms with Crippen molar-refractivity contribution in [2.45, 2.75) is 6.92 Å². The highest BCUT2D eigenvalue weighted by molar-refractivity contribution is 6.42. The molecule has 0 amide bonds. The second-order valence-corrected chi connectivity index (χ2v) is 4.73. The molecular weight excluding hydrogens is 267 g/mol. The molecule has 2 aromatic carbocycles. The Bertz CT molecular complexity index is 580. The minimum atomic E-state index is 0.507. The predicted molar refractivity (Wildman–Crippen MR) is 78.9 cm³/mol. The lowest BCUT2D eigenvalue weighted by atomic mass is 10.2. The van der Waals surface area contributed by atoms with Gasteiger partial charge >= 0.3 is 0 Å². The van der Waals surface area contributed by atoms with Gasteiger partial charge in [0.25, 0.3) is 0 Å². The standard InChI is InChI=1S/C14H12Cl2N2/c1-10-3-2-4-11(7-10)9-17-18-12-5-6-13(15)14(16)8-12/h2-9,18H,1H3/b17-9-. The lowest BCUT2D eigenvalue weighted by Crippen LogP contribution is -1.90. The van der Waals surface area contributed by atoms with E-state index in [9.17, 15) is 0 Å². The fourth-order valence-corrected chi connectivity index (χ4v) is 1.80. The number of halogens is 2. The molecular formula is C14H12Cl2N2. The van der Waals surface area contributed by atoms with E-state index in [1.807, 2.05) is 31.2 Å². The summed E-state index contributed by atoms with van der Waals surface area (Å²) in [5, 5.41) is 5.19. The molecule has 0 saturated heterocycles. The highest BCUT2D eigenvalue weighted by Crippen LogP contribution is 2.24. The van der Waals surface area contributed by atoms with Crippen molar-refractivity contribution in [3.8, 4) is 0 Å². The zero-order valence-electron chi connectivity index (χ0n) is 9.82. The van der Waals surface area contributed by atoms with Gasteiger partial charge in [-0.3, -0.25) is 5.43 Å². The number of hydrogen-bond acceptors (Lipinski definition) is 2. The maximum atomic E-state index is 5.91. The van der Waals surface area contributed by atoms with Crippen LogP contribution in [-0.2, 0) is 0 Å². The molecule has 0 bridgehead atoms. The van der Waals surface area contributed by atoms with Gasteiger partial charge in [-0.1, -0.05) is 53.0 Å². The number of anilines is 1. The minimum absolute atomic E-state index is 0.507. The summed E-state index contributed by atoms with van der Waals surface area (Å²) in [6.45, 7) is 2.05. The van der Waals surface area contributed by atoms with Crippen LogP contribution in [0.3, 0.4) is 0 Å². The van der Waals surface area contributed by atoms with E-state index >= 15 is 0 Å². The maximum absolute atomic E-state index is 5.91. The number of nitrogens with one attached hydrogen (secondary N) is 1. The number of rotatable bonds is 3. The number of nitrogens with zero attached hydrogens (tertiary/aromatic N) is 1. The zero-order chi connectivity index (χ0) is 13.0. The van der Waals surface area contributed by atoms with Crippen LogP contribution in [0.1, 0.15) is 11.1 Å². The summed E-state index contributed by atoms with van der Waals surface area (Å²) in [4.78, 5) is 0. The molecule has 2 aromatic rings. The largest absolute Gasteiger partial charge is 0.278 e. The molecule has 0 aromatic heterocycles. The average Bonchev–Trinajstić information content (AvgIpc) is 2.34. The maximum Gasteiger partial charge on any atom is 0.0613 e. The first-order chi connectivity index (χ1) is 8.65. The molecule has 0 aliphatic heterocycles. The minimum Gasteiger partial charge on any atom is -0.278 e. The van der Waals surface area contributed by atoms with Crippen LogP contribution < -0.4 is 5.43 Å². The normalized spacial score (nSPS) is 10.8. The van der Waals surface area contributed by atoms with E-state index in [1.165, 1.54) is 5.56 Å². The van der Waals surface area contributed by atoms with Crippen LogP contribution in [0.2, 0.25) is 10.0 Å². The van der Waals surface area contributed by atoms with Crippen LogP contribution in [0.4, 0.5) is 5.69 Å². The van der Waals surface area contributed by atoms with E-state index in [-0.39, 0.29) is 0 Å². The smallest absolute Gasteiger partial charge is 0.0613 e. The van der Waals surface area contributed by atoms with Crippen molar-refractivity contribution in [1.29, 1.82) is 0 Å². The van der Waals surface area contributed by atoms with Crippen molar-refractivity contribution in [2.24, 2.45) is 5.10 Å². The van der Waals surface area contributed by atoms with Gasteiger partial charge in [0, 0.05) is 0 Å². The van der Waals surface area contributed by atoms with Crippen molar-refractivity contribution in [1.82, 2.24) is 0 Å². The van der Waals surface area contributed by atoms with Crippen LogP contribution in [-0.4, -0.2) is 6.21 Å². The van der Waals surface area contributed by atoms with E-state index in [0.717, 1.165) is 11.3 Å². The van der Waals surface area contributed by atoms with Gasteiger partial charge in [-0.25, -0.2) is 0 Å². The highest BCUT2D eigenvalue weighted by Gasteiger charge is 1.97. The molecule has 18 heavy (non-hydrogen) atoms. The summed E-state index contributed by atoms with van der Waals surface area (Å²) in [6, 6.07) is 13.4. The van der Waals surface area contributed by atoms with Gasteiger partial charge < -0.3 is 0 Å². The SMILES string of the molecule is Cc1cccc(/C=N\Nc2ccc(Cl)c(Cl)c2)c1. The summed E-state index contributed by atoms with van der Waals surface area (Å²) in [6.07, 6.45) is 1.76. The summed E-state index contributed by atoms with van der Waals surface area (Å²) < 4.78 is 0. The van der Waals surface area contributed by atoms with Gasteiger partial charge in [0.1, 0.15) is 0 Å². The molecule has 0 aliphatic rings. The van der Waals surface area contributed by atoms with Crippen LogP contribution >= 0.6 is 23.2 Å².